The van der Waals surface area contributed by atoms with Gasteiger partial charge in [-0.2, -0.15) is 0 Å². The molecular weight excluding hydrogens is 488 g/mol. The largest absolute Gasteiger partial charge is 0.496 e. The predicted molar refractivity (Wildman–Crippen MR) is 154 cm³/mol. The lowest BCUT2D eigenvalue weighted by Gasteiger charge is -2.12. The second kappa shape index (κ2) is 12.8. The van der Waals surface area contributed by atoms with Crippen LogP contribution < -0.4 is 15.4 Å². The zero-order valence-electron chi connectivity index (χ0n) is 21.7. The number of hydrogen-bond acceptors (Lipinski definition) is 4. The fraction of sp³-hybridized carbons (Fsp3) is 0.0606. The number of benzene rings is 4. The molecule has 0 unspecified atom stereocenters. The molecular formula is C33H28N2O4. The summed E-state index contributed by atoms with van der Waals surface area (Å²) in [5.74, 6) is -0.543. The van der Waals surface area contributed by atoms with Gasteiger partial charge < -0.3 is 15.4 Å². The van der Waals surface area contributed by atoms with Gasteiger partial charge in [0.25, 0.3) is 11.8 Å². The SMILES string of the molecule is COc1ccccc1/C=C(\NC(=O)c1ccccc1)C(=O)Nc1ccc(C(=O)/C=C/c2ccccc2C)cc1. The second-order valence-electron chi connectivity index (χ2n) is 8.71. The first kappa shape index (κ1) is 26.8. The molecule has 0 fully saturated rings. The molecule has 6 nitrogen and oxygen atoms in total. The minimum atomic E-state index is -0.524. The summed E-state index contributed by atoms with van der Waals surface area (Å²) >= 11 is 0. The molecule has 6 heteroatoms. The highest BCUT2D eigenvalue weighted by atomic mass is 16.5. The van der Waals surface area contributed by atoms with E-state index in [2.05, 4.69) is 10.6 Å². The van der Waals surface area contributed by atoms with E-state index in [-0.39, 0.29) is 11.5 Å². The zero-order chi connectivity index (χ0) is 27.6. The first-order chi connectivity index (χ1) is 18.9. The van der Waals surface area contributed by atoms with Gasteiger partial charge in [-0.25, -0.2) is 0 Å². The smallest absolute Gasteiger partial charge is 0.272 e. The van der Waals surface area contributed by atoms with Gasteiger partial charge in [-0.15, -0.1) is 0 Å². The van der Waals surface area contributed by atoms with Crippen molar-refractivity contribution in [1.29, 1.82) is 0 Å². The van der Waals surface area contributed by atoms with Crippen LogP contribution in [0, 0.1) is 6.92 Å². The summed E-state index contributed by atoms with van der Waals surface area (Å²) in [4.78, 5) is 38.8. The summed E-state index contributed by atoms with van der Waals surface area (Å²) in [7, 11) is 1.54. The molecule has 4 rings (SSSR count). The number of para-hydroxylation sites is 1. The summed E-state index contributed by atoms with van der Waals surface area (Å²) in [5.41, 5.74) is 4.09. The van der Waals surface area contributed by atoms with Crippen LogP contribution in [0.2, 0.25) is 0 Å². The first-order valence-electron chi connectivity index (χ1n) is 12.3. The van der Waals surface area contributed by atoms with Gasteiger partial charge in [0.1, 0.15) is 11.4 Å². The van der Waals surface area contributed by atoms with Gasteiger partial charge in [0.05, 0.1) is 7.11 Å². The lowest BCUT2D eigenvalue weighted by Crippen LogP contribution is -2.30. The van der Waals surface area contributed by atoms with Crippen molar-refractivity contribution >= 4 is 35.4 Å². The van der Waals surface area contributed by atoms with Crippen LogP contribution in [0.4, 0.5) is 5.69 Å². The van der Waals surface area contributed by atoms with Crippen molar-refractivity contribution in [2.45, 2.75) is 6.92 Å². The third-order valence-electron chi connectivity index (χ3n) is 6.00. The Hall–Kier alpha value is -5.23. The first-order valence-corrected chi connectivity index (χ1v) is 12.3. The topological polar surface area (TPSA) is 84.5 Å². The molecule has 2 amide bonds. The summed E-state index contributed by atoms with van der Waals surface area (Å²) in [6.45, 7) is 1.99. The average molecular weight is 517 g/mol. The van der Waals surface area contributed by atoms with Crippen molar-refractivity contribution in [1.82, 2.24) is 5.32 Å². The molecule has 0 spiro atoms. The summed E-state index contributed by atoms with van der Waals surface area (Å²) in [5, 5.41) is 5.51. The monoisotopic (exact) mass is 516 g/mol. The maximum atomic E-state index is 13.3. The number of amides is 2. The van der Waals surface area contributed by atoms with Gasteiger partial charge in [0.2, 0.25) is 0 Å². The van der Waals surface area contributed by atoms with Crippen LogP contribution in [0.3, 0.4) is 0 Å². The van der Waals surface area contributed by atoms with E-state index in [4.69, 9.17) is 4.74 Å². The van der Waals surface area contributed by atoms with Crippen LogP contribution in [0.25, 0.3) is 12.2 Å². The molecule has 194 valence electrons. The Kier molecular flexibility index (Phi) is 8.83. The lowest BCUT2D eigenvalue weighted by molar-refractivity contribution is -0.113. The predicted octanol–water partition coefficient (Wildman–Crippen LogP) is 6.31. The highest BCUT2D eigenvalue weighted by Crippen LogP contribution is 2.21. The Morgan fingerprint density at radius 2 is 1.36 bits per heavy atom. The number of rotatable bonds is 9. The quantitative estimate of drug-likeness (QED) is 0.202. The molecule has 0 heterocycles. The molecule has 0 atom stereocenters. The minimum Gasteiger partial charge on any atom is -0.496 e. The number of hydrogen-bond donors (Lipinski definition) is 2. The van der Waals surface area contributed by atoms with E-state index in [1.165, 1.54) is 13.2 Å². The van der Waals surface area contributed by atoms with Crippen molar-refractivity contribution in [2.24, 2.45) is 0 Å². The normalized spacial score (nSPS) is 11.2. The van der Waals surface area contributed by atoms with Gasteiger partial charge in [0.15, 0.2) is 5.78 Å². The van der Waals surface area contributed by atoms with Crippen LogP contribution in [-0.4, -0.2) is 24.7 Å². The molecule has 0 saturated carbocycles. The second-order valence-corrected chi connectivity index (χ2v) is 8.71. The Morgan fingerprint density at radius 1 is 0.718 bits per heavy atom. The Morgan fingerprint density at radius 3 is 2.05 bits per heavy atom. The molecule has 4 aromatic rings. The van der Waals surface area contributed by atoms with E-state index in [9.17, 15) is 14.4 Å². The van der Waals surface area contributed by atoms with Gasteiger partial charge in [-0.05, 0) is 72.7 Å². The molecule has 0 aromatic heterocycles. The van der Waals surface area contributed by atoms with E-state index in [0.29, 0.717) is 28.1 Å². The maximum Gasteiger partial charge on any atom is 0.272 e. The van der Waals surface area contributed by atoms with Crippen molar-refractivity contribution in [3.05, 3.63) is 143 Å². The van der Waals surface area contributed by atoms with Gasteiger partial charge >= 0.3 is 0 Å². The Labute approximate surface area is 227 Å². The number of carbonyl (C=O) groups excluding carboxylic acids is 3. The summed E-state index contributed by atoms with van der Waals surface area (Å²) < 4.78 is 5.40. The van der Waals surface area contributed by atoms with Gasteiger partial charge in [-0.3, -0.25) is 14.4 Å². The van der Waals surface area contributed by atoms with E-state index >= 15 is 0 Å². The number of anilines is 1. The van der Waals surface area contributed by atoms with Crippen LogP contribution >= 0.6 is 0 Å². The zero-order valence-corrected chi connectivity index (χ0v) is 21.7. The van der Waals surface area contributed by atoms with Gasteiger partial charge in [-0.1, -0.05) is 66.7 Å². The fourth-order valence-corrected chi connectivity index (χ4v) is 3.84. The van der Waals surface area contributed by atoms with Crippen LogP contribution in [-0.2, 0) is 4.79 Å². The summed E-state index contributed by atoms with van der Waals surface area (Å²) in [6.07, 6.45) is 4.88. The van der Waals surface area contributed by atoms with E-state index in [1.807, 2.05) is 49.4 Å². The molecule has 0 radical (unpaired) electrons. The fourth-order valence-electron chi connectivity index (χ4n) is 3.84. The van der Waals surface area contributed by atoms with Crippen molar-refractivity contribution < 1.29 is 19.1 Å². The molecule has 4 aromatic carbocycles. The minimum absolute atomic E-state index is 0.0367. The highest BCUT2D eigenvalue weighted by Gasteiger charge is 2.16. The maximum absolute atomic E-state index is 13.3. The van der Waals surface area contributed by atoms with Crippen LogP contribution in [0.15, 0.2) is 115 Å². The Balaban J connectivity index is 1.52. The molecule has 0 aliphatic heterocycles. The van der Waals surface area contributed by atoms with E-state index < -0.39 is 11.8 Å². The van der Waals surface area contributed by atoms with E-state index in [0.717, 1.165) is 11.1 Å². The number of nitrogens with one attached hydrogen (secondary N) is 2. The molecule has 0 bridgehead atoms. The van der Waals surface area contributed by atoms with Crippen molar-refractivity contribution in [3.8, 4) is 5.75 Å². The molecule has 0 aliphatic carbocycles. The van der Waals surface area contributed by atoms with Gasteiger partial charge in [0, 0.05) is 22.4 Å². The number of carbonyl (C=O) groups is 3. The van der Waals surface area contributed by atoms with E-state index in [1.54, 1.807) is 72.8 Å². The lowest BCUT2D eigenvalue weighted by atomic mass is 10.1. The third kappa shape index (κ3) is 7.17. The van der Waals surface area contributed by atoms with Crippen molar-refractivity contribution in [2.75, 3.05) is 12.4 Å². The number of ketones is 1. The molecule has 0 aliphatic rings. The Bertz CT molecular complexity index is 1540. The number of methoxy groups -OCH3 is 1. The highest BCUT2D eigenvalue weighted by molar-refractivity contribution is 6.11. The van der Waals surface area contributed by atoms with Crippen LogP contribution in [0.5, 0.6) is 5.75 Å². The molecule has 39 heavy (non-hydrogen) atoms. The molecule has 0 saturated heterocycles. The average Bonchev–Trinajstić information content (AvgIpc) is 2.97. The number of ether oxygens (including phenoxy) is 1. The number of allylic oxidation sites excluding steroid dienone is 1. The van der Waals surface area contributed by atoms with Crippen LogP contribution in [0.1, 0.15) is 37.4 Å². The third-order valence-corrected chi connectivity index (χ3v) is 6.00. The van der Waals surface area contributed by atoms with Crippen molar-refractivity contribution in [3.63, 3.8) is 0 Å². The molecule has 2 N–H and O–H groups in total. The standard InChI is InChI=1S/C33H28N2O4/c1-23-10-6-7-11-24(23)18-21-30(36)25-16-19-28(20-17-25)34-33(38)29(22-27-14-8-9-15-31(27)39-2)35-32(37)26-12-4-3-5-13-26/h3-22H,1-2H3,(H,34,38)(H,35,37)/b21-18+,29-22-. The number of aryl methyl sites for hydroxylation is 1. The summed E-state index contributed by atoms with van der Waals surface area (Å²) in [6, 6.07) is 30.2.